The number of nitrogens with one attached hydrogen (secondary N) is 1. The monoisotopic (exact) mass is 961 g/mol. The first-order chi connectivity index (χ1) is 32.4. The molecule has 67 heavy (non-hydrogen) atoms. The Labute approximate surface area is 413 Å². The predicted molar refractivity (Wildman–Crippen MR) is 285 cm³/mol. The van der Waals surface area contributed by atoms with Crippen LogP contribution in [0.5, 0.6) is 0 Å². The Balaban J connectivity index is 4.20. The number of amides is 1. The fourth-order valence-corrected chi connectivity index (χ4v) is 8.45. The van der Waals surface area contributed by atoms with Crippen molar-refractivity contribution in [1.82, 2.24) is 5.32 Å². The number of hydrogen-bond acceptors (Lipinski definition) is 7. The molecule has 0 radical (unpaired) electrons. The van der Waals surface area contributed by atoms with Crippen molar-refractivity contribution in [3.8, 4) is 0 Å². The summed E-state index contributed by atoms with van der Waals surface area (Å²) in [5, 5.41) is 24.7. The molecule has 10 heteroatoms. The van der Waals surface area contributed by atoms with E-state index in [0.29, 0.717) is 23.9 Å². The van der Waals surface area contributed by atoms with Crippen LogP contribution in [-0.4, -0.2) is 79.8 Å². The van der Waals surface area contributed by atoms with Gasteiger partial charge in [0.05, 0.1) is 39.9 Å². The molecule has 4 atom stereocenters. The van der Waals surface area contributed by atoms with Crippen molar-refractivity contribution in [3.63, 3.8) is 0 Å². The van der Waals surface area contributed by atoms with Crippen LogP contribution in [0.1, 0.15) is 226 Å². The Morgan fingerprint density at radius 3 is 1.37 bits per heavy atom. The van der Waals surface area contributed by atoms with Crippen molar-refractivity contribution >= 4 is 13.7 Å². The van der Waals surface area contributed by atoms with E-state index in [4.69, 9.17) is 9.05 Å². The van der Waals surface area contributed by atoms with Crippen LogP contribution in [0.4, 0.5) is 0 Å². The van der Waals surface area contributed by atoms with Crippen LogP contribution in [0.3, 0.4) is 0 Å². The maximum absolute atomic E-state index is 13.0. The van der Waals surface area contributed by atoms with Crippen LogP contribution < -0.4 is 10.2 Å². The number of hydrogen-bond donors (Lipinski definition) is 3. The fourth-order valence-electron chi connectivity index (χ4n) is 7.73. The molecule has 0 aliphatic heterocycles. The number of likely N-dealkylation sites (N-methyl/N-ethyl adjacent to an activating group) is 1. The minimum atomic E-state index is -4.67. The minimum absolute atomic E-state index is 0.0434. The van der Waals surface area contributed by atoms with Crippen LogP contribution >= 0.6 is 7.82 Å². The van der Waals surface area contributed by atoms with E-state index < -0.39 is 32.7 Å². The molecule has 3 N–H and O–H groups in total. The van der Waals surface area contributed by atoms with E-state index in [9.17, 15) is 24.5 Å². The highest BCUT2D eigenvalue weighted by atomic mass is 31.2. The zero-order valence-electron chi connectivity index (χ0n) is 43.9. The number of allylic oxidation sites excluding steroid dienone is 12. The van der Waals surface area contributed by atoms with Gasteiger partial charge in [-0.3, -0.25) is 9.36 Å². The first-order valence-corrected chi connectivity index (χ1v) is 28.8. The summed E-state index contributed by atoms with van der Waals surface area (Å²) in [6.45, 7) is 4.32. The van der Waals surface area contributed by atoms with Crippen LogP contribution in [0.15, 0.2) is 72.9 Å². The van der Waals surface area contributed by atoms with Gasteiger partial charge in [0.15, 0.2) is 0 Å². The zero-order chi connectivity index (χ0) is 49.4. The molecular weight excluding hydrogens is 856 g/mol. The average Bonchev–Trinajstić information content (AvgIpc) is 3.29. The molecule has 0 aromatic rings. The zero-order valence-corrected chi connectivity index (χ0v) is 44.8. The predicted octanol–water partition coefficient (Wildman–Crippen LogP) is 14.7. The summed E-state index contributed by atoms with van der Waals surface area (Å²) in [5.74, 6) is -0.283. The van der Waals surface area contributed by atoms with Crippen molar-refractivity contribution in [2.24, 2.45) is 0 Å². The van der Waals surface area contributed by atoms with E-state index >= 15 is 0 Å². The molecule has 0 saturated heterocycles. The van der Waals surface area contributed by atoms with Gasteiger partial charge in [-0.2, -0.15) is 0 Å². The van der Waals surface area contributed by atoms with Gasteiger partial charge < -0.3 is 34.0 Å². The van der Waals surface area contributed by atoms with Crippen molar-refractivity contribution in [1.29, 1.82) is 0 Å². The summed E-state index contributed by atoms with van der Waals surface area (Å²) >= 11 is 0. The van der Waals surface area contributed by atoms with Gasteiger partial charge in [-0.05, 0) is 64.2 Å². The number of carbonyl (C=O) groups is 1. The molecule has 4 unspecified atom stereocenters. The van der Waals surface area contributed by atoms with Gasteiger partial charge in [0.1, 0.15) is 19.3 Å². The number of unbranched alkanes of at least 4 members (excludes halogenated alkanes) is 23. The fraction of sp³-hybridized carbons (Fsp3) is 0.772. The number of phosphoric ester groups is 1. The number of quaternary nitrogens is 1. The molecule has 0 fully saturated rings. The molecule has 0 aromatic heterocycles. The second-order valence-corrected chi connectivity index (χ2v) is 21.1. The normalized spacial score (nSPS) is 15.0. The van der Waals surface area contributed by atoms with Crippen LogP contribution in [0.2, 0.25) is 0 Å². The highest BCUT2D eigenvalue weighted by molar-refractivity contribution is 7.45. The van der Waals surface area contributed by atoms with Gasteiger partial charge in [-0.1, -0.05) is 228 Å². The molecular formula is C57H105N2O7P. The second-order valence-electron chi connectivity index (χ2n) is 19.7. The first-order valence-electron chi connectivity index (χ1n) is 27.4. The molecule has 0 bridgehead atoms. The first kappa shape index (κ1) is 64.9. The molecule has 390 valence electrons. The maximum Gasteiger partial charge on any atom is 0.268 e. The summed E-state index contributed by atoms with van der Waals surface area (Å²) in [4.78, 5) is 25.5. The molecule has 0 rings (SSSR count). The summed E-state index contributed by atoms with van der Waals surface area (Å²) in [7, 11) is 1.12. The van der Waals surface area contributed by atoms with Gasteiger partial charge in [0.25, 0.3) is 7.82 Å². The van der Waals surface area contributed by atoms with E-state index in [1.807, 2.05) is 21.1 Å². The number of carbonyl (C=O) groups excluding carboxylic acids is 1. The Hall–Kier alpha value is -2.10. The van der Waals surface area contributed by atoms with Crippen LogP contribution in [0, 0.1) is 0 Å². The maximum atomic E-state index is 13.0. The molecule has 0 saturated carbocycles. The number of phosphoric acid groups is 1. The molecule has 0 aliphatic carbocycles. The highest BCUT2D eigenvalue weighted by Crippen LogP contribution is 2.38. The topological polar surface area (TPSA) is 128 Å². The van der Waals surface area contributed by atoms with Gasteiger partial charge in [-0.25, -0.2) is 0 Å². The summed E-state index contributed by atoms with van der Waals surface area (Å²) in [6.07, 6.45) is 60.9. The highest BCUT2D eigenvalue weighted by Gasteiger charge is 2.29. The molecule has 9 nitrogen and oxygen atoms in total. The van der Waals surface area contributed by atoms with E-state index in [-0.39, 0.29) is 18.9 Å². The van der Waals surface area contributed by atoms with Gasteiger partial charge in [-0.15, -0.1) is 0 Å². The Morgan fingerprint density at radius 1 is 0.552 bits per heavy atom. The molecule has 0 spiro atoms. The molecule has 0 aliphatic rings. The van der Waals surface area contributed by atoms with Crippen molar-refractivity contribution in [2.75, 3.05) is 40.9 Å². The van der Waals surface area contributed by atoms with Gasteiger partial charge >= 0.3 is 0 Å². The number of aliphatic hydroxyl groups is 2. The number of rotatable bonds is 49. The molecule has 0 heterocycles. The smallest absolute Gasteiger partial charge is 0.268 e. The molecule has 1 amide bonds. The van der Waals surface area contributed by atoms with Crippen molar-refractivity contribution in [3.05, 3.63) is 72.9 Å². The SMILES string of the molecule is CC/C=C\C/C=C\C/C=C\C/C=C\C/C=C\C/C=C\CCCCCCCCCCCCCCC(=O)NC(COP(=O)([O-])OCC[N+](C)(C)C)C(O)C(O)CCCCCCCCCCCCCC. The minimum Gasteiger partial charge on any atom is -0.756 e. The van der Waals surface area contributed by atoms with E-state index in [1.54, 1.807) is 0 Å². The van der Waals surface area contributed by atoms with Gasteiger partial charge in [0.2, 0.25) is 5.91 Å². The van der Waals surface area contributed by atoms with E-state index in [0.717, 1.165) is 77.0 Å². The number of nitrogens with zero attached hydrogens (tertiary/aromatic N) is 1. The number of aliphatic hydroxyl groups excluding tert-OH is 2. The Kier molecular flexibility index (Phi) is 46.1. The Bertz CT molecular complexity index is 1340. The third-order valence-electron chi connectivity index (χ3n) is 12.1. The van der Waals surface area contributed by atoms with Crippen LogP contribution in [0.25, 0.3) is 0 Å². The second kappa shape index (κ2) is 47.6. The summed E-state index contributed by atoms with van der Waals surface area (Å²) in [5.41, 5.74) is 0. The van der Waals surface area contributed by atoms with Crippen LogP contribution in [-0.2, 0) is 18.4 Å². The lowest BCUT2D eigenvalue weighted by Crippen LogP contribution is -2.51. The van der Waals surface area contributed by atoms with Gasteiger partial charge in [0, 0.05) is 6.42 Å². The largest absolute Gasteiger partial charge is 0.756 e. The third kappa shape index (κ3) is 48.7. The lowest BCUT2D eigenvalue weighted by atomic mass is 9.99. The van der Waals surface area contributed by atoms with Crippen molar-refractivity contribution < 1.29 is 38.0 Å². The summed E-state index contributed by atoms with van der Waals surface area (Å²) in [6, 6.07) is -1.08. The quantitative estimate of drug-likeness (QED) is 0.0240. The van der Waals surface area contributed by atoms with E-state index in [1.165, 1.54) is 116 Å². The lowest BCUT2D eigenvalue weighted by Gasteiger charge is -2.31. The summed E-state index contributed by atoms with van der Waals surface area (Å²) < 4.78 is 23.2. The standard InChI is InChI=1S/C57H105N2O7P/c1-6-8-10-12-14-16-18-20-21-22-23-24-25-26-27-28-29-30-31-32-33-34-35-36-37-38-40-42-44-46-48-50-56(61)58-54(53-66-67(63,64)65-52-51-59(3,4)5)57(62)55(60)49-47-45-43-41-39-19-17-15-13-11-9-7-2/h8,10,14,16,20-21,23-24,26-27,29-30,54-55,57,60,62H,6-7,9,11-13,15,17-19,22,25,28,31-53H2,1-5H3,(H-,58,61,63,64)/b10-8-,16-14-,21-20-,24-23-,27-26-,30-29-. The average molecular weight is 961 g/mol. The third-order valence-corrected chi connectivity index (χ3v) is 13.0. The molecule has 0 aromatic carbocycles. The lowest BCUT2D eigenvalue weighted by molar-refractivity contribution is -0.870. The Morgan fingerprint density at radius 2 is 0.940 bits per heavy atom. The van der Waals surface area contributed by atoms with Crippen molar-refractivity contribution in [2.45, 2.75) is 244 Å². The van der Waals surface area contributed by atoms with E-state index in [2.05, 4.69) is 92.1 Å².